The summed E-state index contributed by atoms with van der Waals surface area (Å²) in [5, 5.41) is 0. The Labute approximate surface area is 139 Å². The summed E-state index contributed by atoms with van der Waals surface area (Å²) in [7, 11) is 4.58. The molecule has 0 aromatic heterocycles. The van der Waals surface area contributed by atoms with Gasteiger partial charge in [0.2, 0.25) is 0 Å². The highest BCUT2D eigenvalue weighted by molar-refractivity contribution is 5.97. The van der Waals surface area contributed by atoms with Crippen molar-refractivity contribution >= 4 is 5.91 Å². The first-order valence-corrected chi connectivity index (χ1v) is 7.33. The lowest BCUT2D eigenvalue weighted by Crippen LogP contribution is -2.30. The van der Waals surface area contributed by atoms with E-state index in [9.17, 15) is 13.6 Å². The molecule has 0 aliphatic heterocycles. The van der Waals surface area contributed by atoms with Gasteiger partial charge in [-0.2, -0.15) is 0 Å². The van der Waals surface area contributed by atoms with Crippen molar-refractivity contribution in [2.45, 2.75) is 13.0 Å². The molecule has 0 aliphatic rings. The van der Waals surface area contributed by atoms with Crippen LogP contribution in [0.3, 0.4) is 0 Å². The molecule has 0 N–H and O–H groups in total. The van der Waals surface area contributed by atoms with E-state index in [0.29, 0.717) is 22.6 Å². The van der Waals surface area contributed by atoms with E-state index in [1.807, 2.05) is 0 Å². The van der Waals surface area contributed by atoms with Crippen LogP contribution in [0.1, 0.15) is 28.9 Å². The molecule has 0 radical (unpaired) electrons. The SMILES string of the molecule is COc1ccc(C(=O)N(C)C(C)c2ccc(F)c(F)c2)c(OC)c1. The lowest BCUT2D eigenvalue weighted by Gasteiger charge is -2.26. The molecule has 0 heterocycles. The molecule has 128 valence electrons. The molecule has 1 amide bonds. The maximum Gasteiger partial charge on any atom is 0.257 e. The Morgan fingerprint density at radius 3 is 2.33 bits per heavy atom. The number of ether oxygens (including phenoxy) is 2. The number of methoxy groups -OCH3 is 2. The van der Waals surface area contributed by atoms with Crippen LogP contribution in [-0.4, -0.2) is 32.1 Å². The third kappa shape index (κ3) is 3.48. The second-order valence-corrected chi connectivity index (χ2v) is 5.33. The van der Waals surface area contributed by atoms with Crippen LogP contribution in [0, 0.1) is 11.6 Å². The van der Waals surface area contributed by atoms with Crippen molar-refractivity contribution in [2.75, 3.05) is 21.3 Å². The lowest BCUT2D eigenvalue weighted by atomic mass is 10.1. The number of benzene rings is 2. The van der Waals surface area contributed by atoms with Crippen LogP contribution >= 0.6 is 0 Å². The van der Waals surface area contributed by atoms with Crippen molar-refractivity contribution in [1.82, 2.24) is 4.90 Å². The minimum absolute atomic E-state index is 0.299. The van der Waals surface area contributed by atoms with Gasteiger partial charge in [0.1, 0.15) is 11.5 Å². The van der Waals surface area contributed by atoms with Crippen molar-refractivity contribution < 1.29 is 23.0 Å². The average Bonchev–Trinajstić information content (AvgIpc) is 2.61. The highest BCUT2D eigenvalue weighted by Crippen LogP contribution is 2.28. The lowest BCUT2D eigenvalue weighted by molar-refractivity contribution is 0.0739. The summed E-state index contributed by atoms with van der Waals surface area (Å²) in [5.74, 6) is -1.21. The summed E-state index contributed by atoms with van der Waals surface area (Å²) in [6.07, 6.45) is 0. The molecule has 2 aromatic carbocycles. The molecule has 1 unspecified atom stereocenters. The van der Waals surface area contributed by atoms with Gasteiger partial charge in [0.15, 0.2) is 11.6 Å². The van der Waals surface area contributed by atoms with E-state index < -0.39 is 17.7 Å². The second-order valence-electron chi connectivity index (χ2n) is 5.33. The molecule has 4 nitrogen and oxygen atoms in total. The molecule has 24 heavy (non-hydrogen) atoms. The minimum Gasteiger partial charge on any atom is -0.497 e. The predicted octanol–water partition coefficient (Wildman–Crippen LogP) is 3.82. The molecule has 0 spiro atoms. The van der Waals surface area contributed by atoms with Crippen LogP contribution in [0.2, 0.25) is 0 Å². The molecule has 0 saturated heterocycles. The molecular weight excluding hydrogens is 316 g/mol. The second kappa shape index (κ2) is 7.29. The van der Waals surface area contributed by atoms with E-state index in [4.69, 9.17) is 9.47 Å². The zero-order chi connectivity index (χ0) is 17.9. The van der Waals surface area contributed by atoms with E-state index in [0.717, 1.165) is 12.1 Å². The molecule has 0 aliphatic carbocycles. The average molecular weight is 335 g/mol. The maximum absolute atomic E-state index is 13.4. The van der Waals surface area contributed by atoms with Gasteiger partial charge < -0.3 is 14.4 Å². The van der Waals surface area contributed by atoms with Crippen molar-refractivity contribution in [2.24, 2.45) is 0 Å². The van der Waals surface area contributed by atoms with Gasteiger partial charge in [-0.15, -0.1) is 0 Å². The summed E-state index contributed by atoms with van der Waals surface area (Å²) in [6.45, 7) is 1.74. The van der Waals surface area contributed by atoms with Gasteiger partial charge in [-0.3, -0.25) is 4.79 Å². The van der Waals surface area contributed by atoms with Crippen molar-refractivity contribution in [3.8, 4) is 11.5 Å². The first-order valence-electron chi connectivity index (χ1n) is 7.33. The predicted molar refractivity (Wildman–Crippen MR) is 86.4 cm³/mol. The van der Waals surface area contributed by atoms with Gasteiger partial charge in [0.05, 0.1) is 25.8 Å². The summed E-state index contributed by atoms with van der Waals surface area (Å²) < 4.78 is 36.8. The van der Waals surface area contributed by atoms with E-state index in [2.05, 4.69) is 0 Å². The molecule has 0 saturated carbocycles. The molecule has 0 bridgehead atoms. The molecule has 1 atom stereocenters. The molecule has 2 rings (SSSR count). The van der Waals surface area contributed by atoms with Gasteiger partial charge in [0, 0.05) is 13.1 Å². The Bertz CT molecular complexity index is 749. The summed E-state index contributed by atoms with van der Waals surface area (Å²) in [4.78, 5) is 14.2. The maximum atomic E-state index is 13.4. The Morgan fingerprint density at radius 1 is 1.04 bits per heavy atom. The number of carbonyl (C=O) groups excluding carboxylic acids is 1. The molecule has 2 aromatic rings. The van der Waals surface area contributed by atoms with Gasteiger partial charge in [0.25, 0.3) is 5.91 Å². The largest absolute Gasteiger partial charge is 0.497 e. The van der Waals surface area contributed by atoms with Crippen LogP contribution in [0.5, 0.6) is 11.5 Å². The van der Waals surface area contributed by atoms with Gasteiger partial charge >= 0.3 is 0 Å². The Balaban J connectivity index is 2.29. The van der Waals surface area contributed by atoms with E-state index in [1.165, 1.54) is 25.2 Å². The normalized spacial score (nSPS) is 11.8. The number of hydrogen-bond donors (Lipinski definition) is 0. The van der Waals surface area contributed by atoms with E-state index in [1.54, 1.807) is 32.2 Å². The summed E-state index contributed by atoms with van der Waals surface area (Å²) >= 11 is 0. The highest BCUT2D eigenvalue weighted by atomic mass is 19.2. The number of carbonyl (C=O) groups is 1. The number of amides is 1. The zero-order valence-corrected chi connectivity index (χ0v) is 14.0. The third-order valence-electron chi connectivity index (χ3n) is 3.97. The first-order chi connectivity index (χ1) is 11.4. The Hall–Kier alpha value is -2.63. The Morgan fingerprint density at radius 2 is 1.75 bits per heavy atom. The van der Waals surface area contributed by atoms with Crippen LogP contribution in [0.4, 0.5) is 8.78 Å². The zero-order valence-electron chi connectivity index (χ0n) is 14.0. The van der Waals surface area contributed by atoms with Crippen molar-refractivity contribution in [1.29, 1.82) is 0 Å². The third-order valence-corrected chi connectivity index (χ3v) is 3.97. The fraction of sp³-hybridized carbons (Fsp3) is 0.278. The van der Waals surface area contributed by atoms with Crippen LogP contribution in [0.25, 0.3) is 0 Å². The molecule has 6 heteroatoms. The summed E-state index contributed by atoms with van der Waals surface area (Å²) in [5.41, 5.74) is 0.854. The van der Waals surface area contributed by atoms with Crippen LogP contribution in [-0.2, 0) is 0 Å². The standard InChI is InChI=1S/C18H19F2NO3/c1-11(12-5-8-15(19)16(20)9-12)21(2)18(22)14-7-6-13(23-3)10-17(14)24-4/h5-11H,1-4H3. The fourth-order valence-corrected chi connectivity index (χ4v) is 2.34. The van der Waals surface area contributed by atoms with Crippen molar-refractivity contribution in [3.05, 3.63) is 59.2 Å². The van der Waals surface area contributed by atoms with Gasteiger partial charge in [-0.1, -0.05) is 6.07 Å². The van der Waals surface area contributed by atoms with Gasteiger partial charge in [-0.25, -0.2) is 8.78 Å². The quantitative estimate of drug-likeness (QED) is 0.834. The number of halogens is 2. The van der Waals surface area contributed by atoms with Crippen molar-refractivity contribution in [3.63, 3.8) is 0 Å². The highest BCUT2D eigenvalue weighted by Gasteiger charge is 2.23. The van der Waals surface area contributed by atoms with Crippen LogP contribution in [0.15, 0.2) is 36.4 Å². The topological polar surface area (TPSA) is 38.8 Å². The van der Waals surface area contributed by atoms with E-state index in [-0.39, 0.29) is 5.91 Å². The number of hydrogen-bond acceptors (Lipinski definition) is 3. The first kappa shape index (κ1) is 17.7. The summed E-state index contributed by atoms with van der Waals surface area (Å²) in [6, 6.07) is 8.03. The minimum atomic E-state index is -0.942. The monoisotopic (exact) mass is 335 g/mol. The molecule has 0 fully saturated rings. The van der Waals surface area contributed by atoms with E-state index >= 15 is 0 Å². The smallest absolute Gasteiger partial charge is 0.257 e. The number of nitrogens with zero attached hydrogens (tertiary/aromatic N) is 1. The number of rotatable bonds is 5. The molecular formula is C18H19F2NO3. The van der Waals surface area contributed by atoms with Gasteiger partial charge in [-0.05, 0) is 36.8 Å². The Kier molecular flexibility index (Phi) is 5.39. The van der Waals surface area contributed by atoms with Crippen LogP contribution < -0.4 is 9.47 Å². The fourth-order valence-electron chi connectivity index (χ4n) is 2.34.